The molecular weight excluding hydrogens is 236 g/mol. The summed E-state index contributed by atoms with van der Waals surface area (Å²) in [6, 6.07) is 8.61. The Bertz CT molecular complexity index is 411. The van der Waals surface area contributed by atoms with E-state index in [1.165, 1.54) is 31.2 Å². The van der Waals surface area contributed by atoms with Crippen LogP contribution in [0.4, 0.5) is 5.69 Å². The third-order valence-corrected chi connectivity index (χ3v) is 3.72. The fourth-order valence-electron chi connectivity index (χ4n) is 2.69. The van der Waals surface area contributed by atoms with E-state index < -0.39 is 0 Å². The van der Waals surface area contributed by atoms with E-state index in [0.717, 1.165) is 18.5 Å². The van der Waals surface area contributed by atoms with Crippen molar-refractivity contribution in [1.82, 2.24) is 5.32 Å². The molecule has 3 nitrogen and oxygen atoms in total. The highest BCUT2D eigenvalue weighted by atomic mass is 16.1. The second kappa shape index (κ2) is 7.29. The first-order chi connectivity index (χ1) is 9.29. The number of carbonyl (C=O) groups excluding carboxylic acids is 1. The molecule has 1 fully saturated rings. The van der Waals surface area contributed by atoms with Crippen LogP contribution in [0.5, 0.6) is 0 Å². The summed E-state index contributed by atoms with van der Waals surface area (Å²) in [7, 11) is 0. The van der Waals surface area contributed by atoms with Crippen molar-refractivity contribution in [3.05, 3.63) is 29.8 Å². The molecule has 0 unspecified atom stereocenters. The maximum absolute atomic E-state index is 12.0. The van der Waals surface area contributed by atoms with E-state index in [4.69, 9.17) is 0 Å². The second-order valence-electron chi connectivity index (χ2n) is 5.32. The molecule has 0 heterocycles. The Hall–Kier alpha value is -1.35. The quantitative estimate of drug-likeness (QED) is 0.825. The fraction of sp³-hybridized carbons (Fsp3) is 0.562. The van der Waals surface area contributed by atoms with Gasteiger partial charge < -0.3 is 10.6 Å². The summed E-state index contributed by atoms with van der Waals surface area (Å²) in [4.78, 5) is 12.0. The van der Waals surface area contributed by atoms with Gasteiger partial charge in [-0.25, -0.2) is 0 Å². The predicted octanol–water partition coefficient (Wildman–Crippen LogP) is 3.11. The number of hydrogen-bond donors (Lipinski definition) is 2. The Morgan fingerprint density at radius 1 is 1.26 bits per heavy atom. The van der Waals surface area contributed by atoms with Gasteiger partial charge in [0.25, 0.3) is 0 Å². The van der Waals surface area contributed by atoms with E-state index >= 15 is 0 Å². The molecule has 2 rings (SSSR count). The predicted molar refractivity (Wildman–Crippen MR) is 79.3 cm³/mol. The molecule has 19 heavy (non-hydrogen) atoms. The largest absolute Gasteiger partial charge is 0.325 e. The summed E-state index contributed by atoms with van der Waals surface area (Å²) < 4.78 is 0. The van der Waals surface area contributed by atoms with E-state index in [0.29, 0.717) is 12.6 Å². The van der Waals surface area contributed by atoms with Crippen molar-refractivity contribution in [2.24, 2.45) is 0 Å². The van der Waals surface area contributed by atoms with E-state index in [2.05, 4.69) is 23.6 Å². The number of para-hydroxylation sites is 1. The minimum absolute atomic E-state index is 0.0652. The summed E-state index contributed by atoms with van der Waals surface area (Å²) in [6.45, 7) is 2.57. The van der Waals surface area contributed by atoms with Gasteiger partial charge in [-0.1, -0.05) is 44.4 Å². The molecule has 0 spiro atoms. The molecule has 0 bridgehead atoms. The highest BCUT2D eigenvalue weighted by molar-refractivity contribution is 5.93. The topological polar surface area (TPSA) is 41.1 Å². The molecule has 1 aliphatic carbocycles. The van der Waals surface area contributed by atoms with Crippen molar-refractivity contribution < 1.29 is 4.79 Å². The average molecular weight is 260 g/mol. The molecule has 0 atom stereocenters. The first kappa shape index (κ1) is 14.1. The van der Waals surface area contributed by atoms with Crippen molar-refractivity contribution in [2.45, 2.75) is 51.5 Å². The molecular formula is C16H24N2O. The van der Waals surface area contributed by atoms with Gasteiger partial charge in [0.05, 0.1) is 6.54 Å². The highest BCUT2D eigenvalue weighted by Crippen LogP contribution is 2.18. The lowest BCUT2D eigenvalue weighted by molar-refractivity contribution is -0.115. The first-order valence-electron chi connectivity index (χ1n) is 7.40. The van der Waals surface area contributed by atoms with Gasteiger partial charge in [-0.2, -0.15) is 0 Å². The Labute approximate surface area is 115 Å². The molecule has 104 valence electrons. The number of anilines is 1. The molecule has 1 aromatic carbocycles. The third-order valence-electron chi connectivity index (χ3n) is 3.72. The van der Waals surface area contributed by atoms with Crippen molar-refractivity contribution >= 4 is 11.6 Å². The van der Waals surface area contributed by atoms with Crippen LogP contribution in [0, 0.1) is 0 Å². The normalized spacial score (nSPS) is 15.6. The molecule has 1 aromatic rings. The zero-order chi connectivity index (χ0) is 13.5. The van der Waals surface area contributed by atoms with Crippen LogP contribution < -0.4 is 10.6 Å². The van der Waals surface area contributed by atoms with Gasteiger partial charge in [0.15, 0.2) is 0 Å². The summed E-state index contributed by atoms with van der Waals surface area (Å²) >= 11 is 0. The van der Waals surface area contributed by atoms with Crippen LogP contribution in [0.3, 0.4) is 0 Å². The lowest BCUT2D eigenvalue weighted by atomic mass is 10.1. The number of amides is 1. The number of benzene rings is 1. The SMILES string of the molecule is CCCc1ccccc1NC(=O)CNC1CCCC1. The monoisotopic (exact) mass is 260 g/mol. The standard InChI is InChI=1S/C16H24N2O/c1-2-7-13-8-3-6-11-15(13)18-16(19)12-17-14-9-4-5-10-14/h3,6,8,11,14,17H,2,4-5,7,9-10,12H2,1H3,(H,18,19). The van der Waals surface area contributed by atoms with E-state index in [1.807, 2.05) is 18.2 Å². The molecule has 1 aliphatic rings. The second-order valence-corrected chi connectivity index (χ2v) is 5.32. The van der Waals surface area contributed by atoms with Gasteiger partial charge in [0.1, 0.15) is 0 Å². The minimum Gasteiger partial charge on any atom is -0.325 e. The van der Waals surface area contributed by atoms with Crippen LogP contribution >= 0.6 is 0 Å². The van der Waals surface area contributed by atoms with Gasteiger partial charge in [-0.05, 0) is 30.9 Å². The number of carbonyl (C=O) groups is 1. The zero-order valence-electron chi connectivity index (χ0n) is 11.7. The van der Waals surface area contributed by atoms with Crippen molar-refractivity contribution in [2.75, 3.05) is 11.9 Å². The molecule has 0 aromatic heterocycles. The molecule has 1 saturated carbocycles. The van der Waals surface area contributed by atoms with E-state index in [9.17, 15) is 4.79 Å². The van der Waals surface area contributed by atoms with E-state index in [-0.39, 0.29) is 5.91 Å². The number of rotatable bonds is 6. The number of aryl methyl sites for hydroxylation is 1. The maximum Gasteiger partial charge on any atom is 0.238 e. The van der Waals surface area contributed by atoms with Gasteiger partial charge >= 0.3 is 0 Å². The smallest absolute Gasteiger partial charge is 0.238 e. The molecule has 3 heteroatoms. The highest BCUT2D eigenvalue weighted by Gasteiger charge is 2.15. The summed E-state index contributed by atoms with van der Waals surface area (Å²) in [5.41, 5.74) is 2.18. The van der Waals surface area contributed by atoms with Crippen molar-refractivity contribution in [1.29, 1.82) is 0 Å². The van der Waals surface area contributed by atoms with Crippen molar-refractivity contribution in [3.8, 4) is 0 Å². The summed E-state index contributed by atoms with van der Waals surface area (Å²) in [5.74, 6) is 0.0652. The van der Waals surface area contributed by atoms with Crippen LogP contribution in [0.1, 0.15) is 44.6 Å². The lowest BCUT2D eigenvalue weighted by Crippen LogP contribution is -2.34. The Balaban J connectivity index is 1.83. The van der Waals surface area contributed by atoms with Crippen LogP contribution in [-0.4, -0.2) is 18.5 Å². The van der Waals surface area contributed by atoms with Gasteiger partial charge in [0.2, 0.25) is 5.91 Å². The molecule has 1 amide bonds. The lowest BCUT2D eigenvalue weighted by Gasteiger charge is -2.13. The maximum atomic E-state index is 12.0. The molecule has 0 radical (unpaired) electrons. The number of hydrogen-bond acceptors (Lipinski definition) is 2. The Morgan fingerprint density at radius 2 is 2.00 bits per heavy atom. The van der Waals surface area contributed by atoms with Crippen LogP contribution in [0.15, 0.2) is 24.3 Å². The zero-order valence-corrected chi connectivity index (χ0v) is 11.7. The average Bonchev–Trinajstić information content (AvgIpc) is 2.92. The summed E-state index contributed by atoms with van der Waals surface area (Å²) in [5, 5.41) is 6.36. The first-order valence-corrected chi connectivity index (χ1v) is 7.40. The molecule has 0 aliphatic heterocycles. The van der Waals surface area contributed by atoms with Gasteiger partial charge in [-0.15, -0.1) is 0 Å². The van der Waals surface area contributed by atoms with Gasteiger partial charge in [-0.3, -0.25) is 4.79 Å². The fourth-order valence-corrected chi connectivity index (χ4v) is 2.69. The van der Waals surface area contributed by atoms with E-state index in [1.54, 1.807) is 0 Å². The Morgan fingerprint density at radius 3 is 2.74 bits per heavy atom. The molecule has 0 saturated heterocycles. The Kier molecular flexibility index (Phi) is 5.40. The third kappa shape index (κ3) is 4.35. The van der Waals surface area contributed by atoms with Crippen LogP contribution in [0.2, 0.25) is 0 Å². The minimum atomic E-state index is 0.0652. The van der Waals surface area contributed by atoms with Crippen LogP contribution in [0.25, 0.3) is 0 Å². The van der Waals surface area contributed by atoms with Gasteiger partial charge in [0, 0.05) is 11.7 Å². The van der Waals surface area contributed by atoms with Crippen molar-refractivity contribution in [3.63, 3.8) is 0 Å². The molecule has 2 N–H and O–H groups in total. The van der Waals surface area contributed by atoms with Crippen LogP contribution in [-0.2, 0) is 11.2 Å². The number of nitrogens with one attached hydrogen (secondary N) is 2. The summed E-state index contributed by atoms with van der Waals surface area (Å²) in [6.07, 6.45) is 7.09.